The standard InChI is InChI=1S/C21H30N6/c1-14(2)10-21-11-16(12-21)27(13-21)20-22-8-7-18(24-20)23-19-9-17(25-26-19)15-5-3-4-6-15/h7-9,14-16H,3-6,10-13H2,1-2H3,(H2,22,23,24,25,26). The normalized spacial score (nSPS) is 27.4. The van der Waals surface area contributed by atoms with Crippen LogP contribution in [-0.4, -0.2) is 32.8 Å². The Labute approximate surface area is 161 Å². The molecule has 4 aliphatic rings. The van der Waals surface area contributed by atoms with E-state index in [-0.39, 0.29) is 0 Å². The largest absolute Gasteiger partial charge is 0.337 e. The van der Waals surface area contributed by atoms with Gasteiger partial charge in [-0.3, -0.25) is 5.10 Å². The molecule has 2 saturated carbocycles. The first-order chi connectivity index (χ1) is 13.1. The lowest BCUT2D eigenvalue weighted by Gasteiger charge is -2.38. The van der Waals surface area contributed by atoms with Crippen LogP contribution in [0.25, 0.3) is 0 Å². The predicted octanol–water partition coefficient (Wildman–Crippen LogP) is 4.62. The molecule has 2 aliphatic heterocycles. The molecule has 2 saturated heterocycles. The average molecular weight is 367 g/mol. The van der Waals surface area contributed by atoms with Gasteiger partial charge in [0.1, 0.15) is 5.82 Å². The van der Waals surface area contributed by atoms with E-state index < -0.39 is 0 Å². The first kappa shape index (κ1) is 17.0. The summed E-state index contributed by atoms with van der Waals surface area (Å²) in [5.41, 5.74) is 1.75. The Kier molecular flexibility index (Phi) is 4.10. The van der Waals surface area contributed by atoms with E-state index >= 15 is 0 Å². The Morgan fingerprint density at radius 2 is 2.07 bits per heavy atom. The molecule has 2 N–H and O–H groups in total. The van der Waals surface area contributed by atoms with Gasteiger partial charge in [-0.1, -0.05) is 26.7 Å². The van der Waals surface area contributed by atoms with Crippen molar-refractivity contribution in [3.05, 3.63) is 24.0 Å². The number of fused-ring (bicyclic) bond motifs is 1. The van der Waals surface area contributed by atoms with E-state index in [0.29, 0.717) is 17.4 Å². The van der Waals surface area contributed by atoms with E-state index in [1.165, 1.54) is 50.6 Å². The number of hydrogen-bond acceptors (Lipinski definition) is 5. The summed E-state index contributed by atoms with van der Waals surface area (Å²) in [6.45, 7) is 5.76. The van der Waals surface area contributed by atoms with Crippen LogP contribution < -0.4 is 10.2 Å². The van der Waals surface area contributed by atoms with Crippen LogP contribution in [0.4, 0.5) is 17.6 Å². The van der Waals surface area contributed by atoms with Gasteiger partial charge in [0.05, 0.1) is 0 Å². The summed E-state index contributed by atoms with van der Waals surface area (Å²) >= 11 is 0. The minimum atomic E-state index is 0.504. The van der Waals surface area contributed by atoms with E-state index in [1.807, 2.05) is 12.3 Å². The number of anilines is 3. The molecule has 2 bridgehead atoms. The number of H-pyrrole nitrogens is 1. The highest BCUT2D eigenvalue weighted by Crippen LogP contribution is 2.55. The zero-order chi connectivity index (χ0) is 18.4. The van der Waals surface area contributed by atoms with Gasteiger partial charge in [0, 0.05) is 36.5 Å². The van der Waals surface area contributed by atoms with Crippen molar-refractivity contribution in [1.29, 1.82) is 0 Å². The van der Waals surface area contributed by atoms with Crippen LogP contribution in [0.3, 0.4) is 0 Å². The number of nitrogens with zero attached hydrogens (tertiary/aromatic N) is 4. The van der Waals surface area contributed by atoms with E-state index in [1.54, 1.807) is 0 Å². The molecule has 0 aromatic carbocycles. The third-order valence-corrected chi connectivity index (χ3v) is 6.67. The fourth-order valence-corrected chi connectivity index (χ4v) is 5.65. The lowest BCUT2D eigenvalue weighted by atomic mass is 9.66. The molecule has 0 radical (unpaired) electrons. The number of hydrogen-bond donors (Lipinski definition) is 2. The lowest BCUT2D eigenvalue weighted by molar-refractivity contribution is 0.158. The summed E-state index contributed by atoms with van der Waals surface area (Å²) in [4.78, 5) is 11.8. The molecule has 0 spiro atoms. The second-order valence-electron chi connectivity index (χ2n) is 9.34. The summed E-state index contributed by atoms with van der Waals surface area (Å²) in [7, 11) is 0. The zero-order valence-corrected chi connectivity index (χ0v) is 16.4. The van der Waals surface area contributed by atoms with Gasteiger partial charge < -0.3 is 10.2 Å². The van der Waals surface area contributed by atoms with Gasteiger partial charge in [-0.15, -0.1) is 0 Å². The summed E-state index contributed by atoms with van der Waals surface area (Å²) in [6.07, 6.45) is 11.0. The van der Waals surface area contributed by atoms with Gasteiger partial charge in [-0.25, -0.2) is 4.98 Å². The fraction of sp³-hybridized carbons (Fsp3) is 0.667. The van der Waals surface area contributed by atoms with Crippen LogP contribution in [0, 0.1) is 11.3 Å². The van der Waals surface area contributed by atoms with Crippen molar-refractivity contribution in [2.75, 3.05) is 16.8 Å². The van der Waals surface area contributed by atoms with Crippen molar-refractivity contribution in [3.63, 3.8) is 0 Å². The summed E-state index contributed by atoms with van der Waals surface area (Å²) in [6, 6.07) is 4.69. The minimum Gasteiger partial charge on any atom is -0.337 e. The molecule has 0 unspecified atom stereocenters. The maximum Gasteiger partial charge on any atom is 0.227 e. The zero-order valence-electron chi connectivity index (χ0n) is 16.4. The molecule has 2 aromatic rings. The second-order valence-corrected chi connectivity index (χ2v) is 9.34. The molecular weight excluding hydrogens is 336 g/mol. The van der Waals surface area contributed by atoms with Crippen molar-refractivity contribution in [3.8, 4) is 0 Å². The van der Waals surface area contributed by atoms with Gasteiger partial charge >= 0.3 is 0 Å². The van der Waals surface area contributed by atoms with Crippen LogP contribution in [0.5, 0.6) is 0 Å². The molecule has 0 atom stereocenters. The van der Waals surface area contributed by atoms with E-state index in [0.717, 1.165) is 30.0 Å². The summed E-state index contributed by atoms with van der Waals surface area (Å²) in [5, 5.41) is 11.0. The Balaban J connectivity index is 1.28. The highest BCUT2D eigenvalue weighted by Gasteiger charge is 2.55. The molecule has 2 aliphatic carbocycles. The molecule has 27 heavy (non-hydrogen) atoms. The van der Waals surface area contributed by atoms with Gasteiger partial charge in [0.15, 0.2) is 5.82 Å². The van der Waals surface area contributed by atoms with Crippen LogP contribution in [0.1, 0.15) is 70.4 Å². The molecule has 2 aromatic heterocycles. The minimum absolute atomic E-state index is 0.504. The smallest absolute Gasteiger partial charge is 0.227 e. The SMILES string of the molecule is CC(C)CC12CC(C1)N(c1nccc(Nc3cc(C4CCCC4)[nH]n3)n1)C2. The van der Waals surface area contributed by atoms with Crippen LogP contribution in [-0.2, 0) is 0 Å². The topological polar surface area (TPSA) is 69.7 Å². The molecule has 0 amide bonds. The van der Waals surface area contributed by atoms with Crippen molar-refractivity contribution in [2.45, 2.75) is 70.8 Å². The van der Waals surface area contributed by atoms with Gasteiger partial charge in [-0.05, 0) is 49.5 Å². The molecular formula is C21H30N6. The predicted molar refractivity (Wildman–Crippen MR) is 107 cm³/mol. The summed E-state index contributed by atoms with van der Waals surface area (Å²) < 4.78 is 0. The highest BCUT2D eigenvalue weighted by molar-refractivity contribution is 5.54. The Hall–Kier alpha value is -2.11. The monoisotopic (exact) mass is 366 g/mol. The third-order valence-electron chi connectivity index (χ3n) is 6.67. The third kappa shape index (κ3) is 3.19. The molecule has 6 nitrogen and oxygen atoms in total. The molecule has 6 heteroatoms. The number of aromatic nitrogens is 4. The van der Waals surface area contributed by atoms with E-state index in [9.17, 15) is 0 Å². The average Bonchev–Trinajstić information content (AvgIpc) is 3.37. The van der Waals surface area contributed by atoms with Crippen LogP contribution in [0.2, 0.25) is 0 Å². The van der Waals surface area contributed by atoms with Crippen molar-refractivity contribution in [1.82, 2.24) is 20.2 Å². The number of aromatic amines is 1. The lowest BCUT2D eigenvalue weighted by Crippen LogP contribution is -2.35. The van der Waals surface area contributed by atoms with Crippen molar-refractivity contribution in [2.24, 2.45) is 11.3 Å². The quantitative estimate of drug-likeness (QED) is 0.781. The van der Waals surface area contributed by atoms with Crippen LogP contribution >= 0.6 is 0 Å². The molecule has 6 rings (SSSR count). The van der Waals surface area contributed by atoms with E-state index in [2.05, 4.69) is 45.3 Å². The van der Waals surface area contributed by atoms with Gasteiger partial charge in [-0.2, -0.15) is 10.1 Å². The second kappa shape index (κ2) is 6.50. The number of rotatable bonds is 6. The van der Waals surface area contributed by atoms with Crippen LogP contribution in [0.15, 0.2) is 18.3 Å². The Morgan fingerprint density at radius 1 is 1.26 bits per heavy atom. The van der Waals surface area contributed by atoms with Crippen molar-refractivity contribution >= 4 is 17.6 Å². The molecule has 4 heterocycles. The van der Waals surface area contributed by atoms with Gasteiger partial charge in [0.2, 0.25) is 5.95 Å². The molecule has 144 valence electrons. The van der Waals surface area contributed by atoms with Crippen molar-refractivity contribution < 1.29 is 0 Å². The van der Waals surface area contributed by atoms with E-state index in [4.69, 9.17) is 4.98 Å². The Bertz CT molecular complexity index is 801. The maximum absolute atomic E-state index is 4.79. The fourth-order valence-electron chi connectivity index (χ4n) is 5.65. The molecule has 4 fully saturated rings. The number of nitrogens with one attached hydrogen (secondary N) is 2. The summed E-state index contributed by atoms with van der Waals surface area (Å²) in [5.74, 6) is 3.94. The maximum atomic E-state index is 4.79. The van der Waals surface area contributed by atoms with Gasteiger partial charge in [0.25, 0.3) is 0 Å². The highest BCUT2D eigenvalue weighted by atomic mass is 15.3. The first-order valence-electron chi connectivity index (χ1n) is 10.5. The first-order valence-corrected chi connectivity index (χ1v) is 10.5. The Morgan fingerprint density at radius 3 is 2.85 bits per heavy atom.